The fraction of sp³-hybridized carbons (Fsp3) is 0.647. The van der Waals surface area contributed by atoms with Crippen LogP contribution in [0, 0.1) is 25.7 Å². The Morgan fingerprint density at radius 1 is 1.17 bits per heavy atom. The highest BCUT2D eigenvalue weighted by molar-refractivity contribution is 5.33. The van der Waals surface area contributed by atoms with Crippen LogP contribution in [0.3, 0.4) is 0 Å². The fourth-order valence-electron chi connectivity index (χ4n) is 3.41. The average molecular weight is 245 g/mol. The minimum atomic E-state index is 0.239. The van der Waals surface area contributed by atoms with Gasteiger partial charge in [0.1, 0.15) is 0 Å². The van der Waals surface area contributed by atoms with Crippen LogP contribution in [0.4, 0.5) is 0 Å². The summed E-state index contributed by atoms with van der Waals surface area (Å²) >= 11 is 0. The third-order valence-corrected chi connectivity index (χ3v) is 4.76. The highest BCUT2D eigenvalue weighted by Crippen LogP contribution is 2.37. The second-order valence-corrected chi connectivity index (χ2v) is 6.07. The van der Waals surface area contributed by atoms with E-state index in [2.05, 4.69) is 39.0 Å². The molecular weight excluding hydrogens is 218 g/mol. The van der Waals surface area contributed by atoms with Crippen molar-refractivity contribution in [2.45, 2.75) is 58.9 Å². The summed E-state index contributed by atoms with van der Waals surface area (Å²) in [4.78, 5) is 0. The highest BCUT2D eigenvalue weighted by atomic mass is 14.7. The summed E-state index contributed by atoms with van der Waals surface area (Å²) < 4.78 is 0. The minimum absolute atomic E-state index is 0.239. The van der Waals surface area contributed by atoms with Gasteiger partial charge in [0.25, 0.3) is 0 Å². The van der Waals surface area contributed by atoms with Crippen LogP contribution in [-0.4, -0.2) is 0 Å². The van der Waals surface area contributed by atoms with Crippen molar-refractivity contribution >= 4 is 0 Å². The van der Waals surface area contributed by atoms with Gasteiger partial charge in [-0.15, -0.1) is 0 Å². The number of aryl methyl sites for hydroxylation is 2. The summed E-state index contributed by atoms with van der Waals surface area (Å²) in [6.07, 6.45) is 6.71. The van der Waals surface area contributed by atoms with Crippen molar-refractivity contribution in [1.82, 2.24) is 0 Å². The summed E-state index contributed by atoms with van der Waals surface area (Å²) in [6, 6.07) is 6.93. The fourth-order valence-corrected chi connectivity index (χ4v) is 3.41. The molecule has 0 radical (unpaired) electrons. The summed E-state index contributed by atoms with van der Waals surface area (Å²) in [7, 11) is 0. The van der Waals surface area contributed by atoms with E-state index < -0.39 is 0 Å². The number of hydrogen-bond acceptors (Lipinski definition) is 1. The zero-order chi connectivity index (χ0) is 13.1. The van der Waals surface area contributed by atoms with Crippen LogP contribution in [0.15, 0.2) is 18.2 Å². The standard InChI is InChI=1S/C17H27N/c1-4-14-6-8-15(9-7-14)17(18)16-10-5-12(2)11-13(16)3/h5,10-11,14-15,17H,4,6-9,18H2,1-3H3. The van der Waals surface area contributed by atoms with Gasteiger partial charge in [0.05, 0.1) is 0 Å². The van der Waals surface area contributed by atoms with Gasteiger partial charge in [-0.05, 0) is 49.7 Å². The van der Waals surface area contributed by atoms with Crippen molar-refractivity contribution in [3.63, 3.8) is 0 Å². The topological polar surface area (TPSA) is 26.0 Å². The van der Waals surface area contributed by atoms with Crippen LogP contribution < -0.4 is 5.73 Å². The molecule has 0 spiro atoms. The van der Waals surface area contributed by atoms with Crippen LogP contribution in [0.25, 0.3) is 0 Å². The third-order valence-electron chi connectivity index (χ3n) is 4.76. The first-order chi connectivity index (χ1) is 8.61. The van der Waals surface area contributed by atoms with Gasteiger partial charge in [0, 0.05) is 6.04 Å². The largest absolute Gasteiger partial charge is 0.324 e. The molecule has 0 heterocycles. The summed E-state index contributed by atoms with van der Waals surface area (Å²) in [5, 5.41) is 0. The highest BCUT2D eigenvalue weighted by Gasteiger charge is 2.26. The predicted molar refractivity (Wildman–Crippen MR) is 78.6 cm³/mol. The molecule has 100 valence electrons. The maximum Gasteiger partial charge on any atom is 0.0326 e. The molecule has 0 amide bonds. The van der Waals surface area contributed by atoms with Crippen molar-refractivity contribution < 1.29 is 0 Å². The van der Waals surface area contributed by atoms with Crippen molar-refractivity contribution in [3.8, 4) is 0 Å². The molecule has 1 aliphatic rings. The molecule has 0 aromatic heterocycles. The van der Waals surface area contributed by atoms with E-state index in [1.807, 2.05) is 0 Å². The zero-order valence-corrected chi connectivity index (χ0v) is 12.1. The first-order valence-electron chi connectivity index (χ1n) is 7.44. The Kier molecular flexibility index (Phi) is 4.45. The second-order valence-electron chi connectivity index (χ2n) is 6.07. The Hall–Kier alpha value is -0.820. The van der Waals surface area contributed by atoms with E-state index in [0.717, 1.165) is 5.92 Å². The molecular formula is C17H27N. The van der Waals surface area contributed by atoms with E-state index in [1.54, 1.807) is 0 Å². The van der Waals surface area contributed by atoms with Crippen molar-refractivity contribution in [2.75, 3.05) is 0 Å². The van der Waals surface area contributed by atoms with Gasteiger partial charge >= 0.3 is 0 Å². The van der Waals surface area contributed by atoms with Crippen LogP contribution in [0.2, 0.25) is 0 Å². The van der Waals surface area contributed by atoms with Crippen molar-refractivity contribution in [2.24, 2.45) is 17.6 Å². The van der Waals surface area contributed by atoms with E-state index in [0.29, 0.717) is 5.92 Å². The van der Waals surface area contributed by atoms with E-state index in [1.165, 1.54) is 48.8 Å². The molecule has 1 saturated carbocycles. The number of rotatable bonds is 3. The van der Waals surface area contributed by atoms with Gasteiger partial charge in [-0.25, -0.2) is 0 Å². The lowest BCUT2D eigenvalue weighted by atomic mass is 9.75. The molecule has 1 fully saturated rings. The van der Waals surface area contributed by atoms with Gasteiger partial charge in [0.2, 0.25) is 0 Å². The SMILES string of the molecule is CCC1CCC(C(N)c2ccc(C)cc2C)CC1. The predicted octanol–water partition coefficient (Wildman–Crippen LogP) is 4.52. The van der Waals surface area contributed by atoms with Crippen LogP contribution in [0.5, 0.6) is 0 Å². The first kappa shape index (κ1) is 13.6. The van der Waals surface area contributed by atoms with E-state index in [9.17, 15) is 0 Å². The zero-order valence-electron chi connectivity index (χ0n) is 12.1. The molecule has 0 bridgehead atoms. The maximum atomic E-state index is 6.51. The Morgan fingerprint density at radius 2 is 1.83 bits per heavy atom. The van der Waals surface area contributed by atoms with E-state index in [4.69, 9.17) is 5.73 Å². The summed E-state index contributed by atoms with van der Waals surface area (Å²) in [6.45, 7) is 6.66. The molecule has 1 aromatic carbocycles. The van der Waals surface area contributed by atoms with Gasteiger partial charge in [-0.2, -0.15) is 0 Å². The molecule has 1 nitrogen and oxygen atoms in total. The quantitative estimate of drug-likeness (QED) is 0.832. The van der Waals surface area contributed by atoms with Crippen molar-refractivity contribution in [1.29, 1.82) is 0 Å². The molecule has 1 aliphatic carbocycles. The lowest BCUT2D eigenvalue weighted by molar-refractivity contribution is 0.239. The number of benzene rings is 1. The molecule has 1 atom stereocenters. The van der Waals surface area contributed by atoms with Gasteiger partial charge in [-0.1, -0.05) is 49.9 Å². The number of nitrogens with two attached hydrogens (primary N) is 1. The molecule has 1 unspecified atom stereocenters. The molecule has 0 saturated heterocycles. The Labute approximate surface area is 112 Å². The molecule has 1 heteroatoms. The lowest BCUT2D eigenvalue weighted by Crippen LogP contribution is -2.26. The second kappa shape index (κ2) is 5.88. The first-order valence-corrected chi connectivity index (χ1v) is 7.44. The molecule has 2 N–H and O–H groups in total. The molecule has 2 rings (SSSR count). The van der Waals surface area contributed by atoms with Gasteiger partial charge in [-0.3, -0.25) is 0 Å². The van der Waals surface area contributed by atoms with E-state index in [-0.39, 0.29) is 6.04 Å². The van der Waals surface area contributed by atoms with E-state index >= 15 is 0 Å². The van der Waals surface area contributed by atoms with Gasteiger partial charge in [0.15, 0.2) is 0 Å². The Bertz CT molecular complexity index is 389. The third kappa shape index (κ3) is 2.95. The lowest BCUT2D eigenvalue weighted by Gasteiger charge is -2.32. The normalized spacial score (nSPS) is 26.0. The van der Waals surface area contributed by atoms with Crippen LogP contribution in [-0.2, 0) is 0 Å². The summed E-state index contributed by atoms with van der Waals surface area (Å²) in [5.74, 6) is 1.64. The Balaban J connectivity index is 2.05. The number of hydrogen-bond donors (Lipinski definition) is 1. The van der Waals surface area contributed by atoms with Crippen LogP contribution >= 0.6 is 0 Å². The molecule has 0 aliphatic heterocycles. The molecule has 1 aromatic rings. The Morgan fingerprint density at radius 3 is 2.39 bits per heavy atom. The van der Waals surface area contributed by atoms with Crippen LogP contribution in [0.1, 0.15) is 61.8 Å². The minimum Gasteiger partial charge on any atom is -0.324 e. The van der Waals surface area contributed by atoms with Crippen molar-refractivity contribution in [3.05, 3.63) is 34.9 Å². The van der Waals surface area contributed by atoms with Gasteiger partial charge < -0.3 is 5.73 Å². The monoisotopic (exact) mass is 245 g/mol. The smallest absolute Gasteiger partial charge is 0.0326 e. The average Bonchev–Trinajstić information content (AvgIpc) is 2.38. The maximum absolute atomic E-state index is 6.51. The molecule has 18 heavy (non-hydrogen) atoms. The summed E-state index contributed by atoms with van der Waals surface area (Å²) in [5.41, 5.74) is 10.6.